The maximum absolute atomic E-state index is 12.0. The zero-order valence-electron chi connectivity index (χ0n) is 10.1. The summed E-state index contributed by atoms with van der Waals surface area (Å²) < 4.78 is 0. The van der Waals surface area contributed by atoms with Crippen molar-refractivity contribution in [2.24, 2.45) is 5.92 Å². The number of hydrogen-bond acceptors (Lipinski definition) is 3. The van der Waals surface area contributed by atoms with Crippen LogP contribution in [0, 0.1) is 5.92 Å². The highest BCUT2D eigenvalue weighted by Crippen LogP contribution is 2.45. The van der Waals surface area contributed by atoms with E-state index in [2.05, 4.69) is 0 Å². The van der Waals surface area contributed by atoms with Gasteiger partial charge in [0.15, 0.2) is 0 Å². The molecule has 0 aromatic rings. The van der Waals surface area contributed by atoms with Gasteiger partial charge in [0.25, 0.3) is 11.8 Å². The van der Waals surface area contributed by atoms with Crippen LogP contribution in [0.2, 0.25) is 0 Å². The first-order valence-electron chi connectivity index (χ1n) is 5.61. The number of nitrogens with zero attached hydrogens (tertiary/aromatic N) is 1. The first-order valence-corrected chi connectivity index (χ1v) is 5.61. The summed E-state index contributed by atoms with van der Waals surface area (Å²) in [6.45, 7) is 4.59. The van der Waals surface area contributed by atoms with Crippen LogP contribution in [0.4, 0.5) is 0 Å². The average molecular weight is 237 g/mol. The van der Waals surface area contributed by atoms with Crippen LogP contribution in [0.5, 0.6) is 0 Å². The van der Waals surface area contributed by atoms with Crippen LogP contribution >= 0.6 is 0 Å². The second kappa shape index (κ2) is 3.42. The van der Waals surface area contributed by atoms with E-state index < -0.39 is 23.3 Å². The molecule has 1 aliphatic heterocycles. The third kappa shape index (κ3) is 1.41. The summed E-state index contributed by atoms with van der Waals surface area (Å²) in [4.78, 5) is 36.3. The average Bonchev–Trinajstić information content (AvgIpc) is 3.07. The molecule has 1 unspecified atom stereocenters. The second-order valence-corrected chi connectivity index (χ2v) is 4.92. The molecule has 0 bridgehead atoms. The minimum absolute atomic E-state index is 0.119. The van der Waals surface area contributed by atoms with Crippen molar-refractivity contribution in [1.82, 2.24) is 4.90 Å². The lowest BCUT2D eigenvalue weighted by Gasteiger charge is -2.33. The van der Waals surface area contributed by atoms with Gasteiger partial charge in [-0.05, 0) is 39.5 Å². The molecule has 2 amide bonds. The van der Waals surface area contributed by atoms with Crippen molar-refractivity contribution >= 4 is 17.8 Å². The Morgan fingerprint density at radius 1 is 1.24 bits per heavy atom. The number of rotatable bonds is 3. The van der Waals surface area contributed by atoms with E-state index in [1.165, 1.54) is 6.92 Å². The van der Waals surface area contributed by atoms with Gasteiger partial charge in [-0.3, -0.25) is 14.5 Å². The molecule has 2 aliphatic rings. The number of amides is 2. The molecule has 1 aliphatic carbocycles. The summed E-state index contributed by atoms with van der Waals surface area (Å²) >= 11 is 0. The quantitative estimate of drug-likeness (QED) is 0.741. The summed E-state index contributed by atoms with van der Waals surface area (Å²) in [6, 6.07) is 0. The summed E-state index contributed by atoms with van der Waals surface area (Å²) in [5.41, 5.74) is -0.695. The Hall–Kier alpha value is -1.65. The van der Waals surface area contributed by atoms with Crippen LogP contribution in [0.25, 0.3) is 0 Å². The van der Waals surface area contributed by atoms with E-state index in [4.69, 9.17) is 0 Å². The molecule has 5 nitrogen and oxygen atoms in total. The van der Waals surface area contributed by atoms with Crippen molar-refractivity contribution in [3.63, 3.8) is 0 Å². The monoisotopic (exact) mass is 237 g/mol. The second-order valence-electron chi connectivity index (χ2n) is 4.92. The van der Waals surface area contributed by atoms with Crippen molar-refractivity contribution in [1.29, 1.82) is 0 Å². The molecule has 5 heteroatoms. The van der Waals surface area contributed by atoms with E-state index >= 15 is 0 Å². The maximum atomic E-state index is 12.0. The summed E-state index contributed by atoms with van der Waals surface area (Å²) in [6.07, 6.45) is 1.50. The Morgan fingerprint density at radius 3 is 1.94 bits per heavy atom. The van der Waals surface area contributed by atoms with Crippen molar-refractivity contribution in [2.75, 3.05) is 0 Å². The highest BCUT2D eigenvalue weighted by atomic mass is 16.4. The number of carbonyl (C=O) groups excluding carboxylic acids is 2. The summed E-state index contributed by atoms with van der Waals surface area (Å²) in [5.74, 6) is -2.16. The predicted octanol–water partition coefficient (Wildman–Crippen LogP) is 0.945. The first kappa shape index (κ1) is 11.8. The van der Waals surface area contributed by atoms with Crippen molar-refractivity contribution in [3.8, 4) is 0 Å². The molecule has 0 aromatic carbocycles. The van der Waals surface area contributed by atoms with Gasteiger partial charge in [0.2, 0.25) is 0 Å². The fraction of sp³-hybridized carbons (Fsp3) is 0.583. The molecule has 1 saturated carbocycles. The molecule has 2 rings (SSSR count). The Kier molecular flexibility index (Phi) is 2.38. The van der Waals surface area contributed by atoms with Crippen LogP contribution < -0.4 is 0 Å². The van der Waals surface area contributed by atoms with E-state index in [1.54, 1.807) is 13.8 Å². The van der Waals surface area contributed by atoms with Crippen molar-refractivity contribution < 1.29 is 19.5 Å². The van der Waals surface area contributed by atoms with E-state index in [0.29, 0.717) is 11.1 Å². The fourth-order valence-corrected chi connectivity index (χ4v) is 2.27. The standard InChI is InChI=1S/C12H15NO4/c1-6-7(2)10(15)13(9(6)14)12(3,11(16)17)8-4-5-8/h8H,4-5H2,1-3H3,(H,16,17). The molecule has 1 atom stereocenters. The highest BCUT2D eigenvalue weighted by molar-refractivity contribution is 6.20. The molecular formula is C12H15NO4. The predicted molar refractivity (Wildman–Crippen MR) is 59.0 cm³/mol. The van der Waals surface area contributed by atoms with Gasteiger partial charge in [0.05, 0.1) is 0 Å². The number of hydrogen-bond donors (Lipinski definition) is 1. The zero-order valence-corrected chi connectivity index (χ0v) is 10.1. The van der Waals surface area contributed by atoms with Crippen LogP contribution in [-0.4, -0.2) is 33.3 Å². The van der Waals surface area contributed by atoms with Gasteiger partial charge in [0, 0.05) is 11.1 Å². The topological polar surface area (TPSA) is 74.7 Å². The molecule has 92 valence electrons. The van der Waals surface area contributed by atoms with Crippen LogP contribution in [0.1, 0.15) is 33.6 Å². The SMILES string of the molecule is CC1=C(C)C(=O)N(C(C)(C(=O)O)C2CC2)C1=O. The van der Waals surface area contributed by atoms with Gasteiger partial charge >= 0.3 is 5.97 Å². The maximum Gasteiger partial charge on any atom is 0.330 e. The van der Waals surface area contributed by atoms with E-state index in [1.807, 2.05) is 0 Å². The Labute approximate surface area is 99.1 Å². The minimum atomic E-state index is -1.40. The molecule has 0 aromatic heterocycles. The smallest absolute Gasteiger partial charge is 0.330 e. The largest absolute Gasteiger partial charge is 0.479 e. The Balaban J connectivity index is 2.44. The normalized spacial score (nSPS) is 24.3. The number of carboxylic acids is 1. The van der Waals surface area contributed by atoms with E-state index in [0.717, 1.165) is 17.7 Å². The highest BCUT2D eigenvalue weighted by Gasteiger charge is 2.57. The summed E-state index contributed by atoms with van der Waals surface area (Å²) in [7, 11) is 0. The Morgan fingerprint density at radius 2 is 1.65 bits per heavy atom. The first-order chi connectivity index (χ1) is 7.81. The molecule has 0 spiro atoms. The Bertz CT molecular complexity index is 437. The van der Waals surface area contributed by atoms with Crippen molar-refractivity contribution in [2.45, 2.75) is 39.2 Å². The lowest BCUT2D eigenvalue weighted by atomic mass is 9.93. The van der Waals surface area contributed by atoms with E-state index in [-0.39, 0.29) is 5.92 Å². The van der Waals surface area contributed by atoms with Gasteiger partial charge < -0.3 is 5.11 Å². The van der Waals surface area contributed by atoms with Crippen molar-refractivity contribution in [3.05, 3.63) is 11.1 Å². The lowest BCUT2D eigenvalue weighted by Crippen LogP contribution is -2.57. The molecule has 17 heavy (non-hydrogen) atoms. The molecule has 1 N–H and O–H groups in total. The number of imide groups is 1. The van der Waals surface area contributed by atoms with Gasteiger partial charge in [-0.15, -0.1) is 0 Å². The zero-order chi connectivity index (χ0) is 13.0. The molecule has 0 radical (unpaired) electrons. The van der Waals surface area contributed by atoms with Crippen LogP contribution in [0.15, 0.2) is 11.1 Å². The van der Waals surface area contributed by atoms with Gasteiger partial charge in [-0.2, -0.15) is 0 Å². The molecule has 1 fully saturated rings. The van der Waals surface area contributed by atoms with Gasteiger partial charge in [-0.1, -0.05) is 0 Å². The fourth-order valence-electron chi connectivity index (χ4n) is 2.27. The number of carboxylic acid groups (broad SMARTS) is 1. The summed E-state index contributed by atoms with van der Waals surface area (Å²) in [5, 5.41) is 9.35. The van der Waals surface area contributed by atoms with Crippen LogP contribution in [-0.2, 0) is 14.4 Å². The number of carbonyl (C=O) groups is 3. The number of aliphatic carboxylic acids is 1. The van der Waals surface area contributed by atoms with Crippen LogP contribution in [0.3, 0.4) is 0 Å². The molecule has 0 saturated heterocycles. The lowest BCUT2D eigenvalue weighted by molar-refractivity contribution is -0.162. The third-order valence-corrected chi connectivity index (χ3v) is 3.88. The van der Waals surface area contributed by atoms with E-state index in [9.17, 15) is 19.5 Å². The molecule has 1 heterocycles. The van der Waals surface area contributed by atoms with Gasteiger partial charge in [-0.25, -0.2) is 4.79 Å². The van der Waals surface area contributed by atoms with Gasteiger partial charge in [0.1, 0.15) is 5.54 Å². The molecular weight excluding hydrogens is 222 g/mol. The third-order valence-electron chi connectivity index (χ3n) is 3.88. The minimum Gasteiger partial charge on any atom is -0.479 e.